The first kappa shape index (κ1) is 16.2. The predicted octanol–water partition coefficient (Wildman–Crippen LogP) is 8.30. The zero-order valence-electron chi connectivity index (χ0n) is 16.2. The Kier molecular flexibility index (Phi) is 3.21. The van der Waals surface area contributed by atoms with Crippen molar-refractivity contribution >= 4 is 64.1 Å². The molecule has 7 rings (SSSR count). The van der Waals surface area contributed by atoms with Crippen molar-refractivity contribution in [2.75, 3.05) is 0 Å². The second-order valence-electron chi connectivity index (χ2n) is 7.85. The van der Waals surface area contributed by atoms with Crippen LogP contribution in [0.2, 0.25) is 0 Å². The van der Waals surface area contributed by atoms with Gasteiger partial charge in [0.05, 0.1) is 11.0 Å². The standard InChI is InChI=1S/C28H17NS/c1-2-8-19-15-20(14-13-18(19)7-1)29-25-11-5-3-9-21(25)23-17-28-24(16-26(23)29)22-10-4-6-12-27(22)30-28/h1-17H. The van der Waals surface area contributed by atoms with Crippen molar-refractivity contribution in [3.63, 3.8) is 0 Å². The Bertz CT molecular complexity index is 1750. The first-order valence-electron chi connectivity index (χ1n) is 10.2. The number of para-hydroxylation sites is 1. The van der Waals surface area contributed by atoms with Gasteiger partial charge in [-0.05, 0) is 47.2 Å². The third-order valence-electron chi connectivity index (χ3n) is 6.16. The molecule has 2 heterocycles. The summed E-state index contributed by atoms with van der Waals surface area (Å²) in [5.74, 6) is 0. The van der Waals surface area contributed by atoms with Gasteiger partial charge in [0.1, 0.15) is 0 Å². The molecule has 0 bridgehead atoms. The van der Waals surface area contributed by atoms with E-state index < -0.39 is 0 Å². The fourth-order valence-corrected chi connectivity index (χ4v) is 5.91. The Morgan fingerprint density at radius 1 is 0.467 bits per heavy atom. The number of nitrogens with zero attached hydrogens (tertiary/aromatic N) is 1. The highest BCUT2D eigenvalue weighted by Crippen LogP contribution is 2.40. The van der Waals surface area contributed by atoms with Crippen LogP contribution in [0.4, 0.5) is 0 Å². The van der Waals surface area contributed by atoms with E-state index in [9.17, 15) is 0 Å². The smallest absolute Gasteiger partial charge is 0.0548 e. The Balaban J connectivity index is 1.66. The highest BCUT2D eigenvalue weighted by atomic mass is 32.1. The minimum atomic E-state index is 1.21. The van der Waals surface area contributed by atoms with Crippen molar-refractivity contribution in [1.29, 1.82) is 0 Å². The Morgan fingerprint density at radius 2 is 1.23 bits per heavy atom. The monoisotopic (exact) mass is 399 g/mol. The number of fused-ring (bicyclic) bond motifs is 7. The van der Waals surface area contributed by atoms with E-state index >= 15 is 0 Å². The van der Waals surface area contributed by atoms with E-state index in [1.165, 1.54) is 58.4 Å². The van der Waals surface area contributed by atoms with Gasteiger partial charge < -0.3 is 4.57 Å². The van der Waals surface area contributed by atoms with Crippen LogP contribution in [-0.4, -0.2) is 4.57 Å². The summed E-state index contributed by atoms with van der Waals surface area (Å²) >= 11 is 1.88. The van der Waals surface area contributed by atoms with Crippen LogP contribution in [0.25, 0.3) is 58.4 Å². The normalized spacial score (nSPS) is 12.0. The van der Waals surface area contributed by atoms with E-state index in [0.29, 0.717) is 0 Å². The lowest BCUT2D eigenvalue weighted by atomic mass is 10.1. The molecule has 0 saturated carbocycles. The third kappa shape index (κ3) is 2.17. The highest BCUT2D eigenvalue weighted by molar-refractivity contribution is 7.25. The number of benzene rings is 5. The maximum atomic E-state index is 2.42. The molecular weight excluding hydrogens is 382 g/mol. The average molecular weight is 400 g/mol. The van der Waals surface area contributed by atoms with Crippen LogP contribution < -0.4 is 0 Å². The number of aromatic nitrogens is 1. The first-order chi connectivity index (χ1) is 14.9. The van der Waals surface area contributed by atoms with Crippen LogP contribution in [0.5, 0.6) is 0 Å². The molecule has 0 fully saturated rings. The Labute approximate surface area is 177 Å². The van der Waals surface area contributed by atoms with Crippen molar-refractivity contribution in [2.24, 2.45) is 0 Å². The second kappa shape index (κ2) is 5.94. The van der Waals surface area contributed by atoms with E-state index in [1.54, 1.807) is 0 Å². The molecule has 0 radical (unpaired) electrons. The molecule has 1 nitrogen and oxygen atoms in total. The van der Waals surface area contributed by atoms with E-state index in [2.05, 4.69) is 108 Å². The van der Waals surface area contributed by atoms with E-state index in [0.717, 1.165) is 0 Å². The van der Waals surface area contributed by atoms with Crippen LogP contribution in [-0.2, 0) is 0 Å². The molecule has 7 aromatic rings. The lowest BCUT2D eigenvalue weighted by molar-refractivity contribution is 1.19. The molecule has 0 saturated heterocycles. The lowest BCUT2D eigenvalue weighted by Crippen LogP contribution is -1.93. The fraction of sp³-hybridized carbons (Fsp3) is 0. The lowest BCUT2D eigenvalue weighted by Gasteiger charge is -2.09. The fourth-order valence-electron chi connectivity index (χ4n) is 4.78. The molecule has 0 N–H and O–H groups in total. The second-order valence-corrected chi connectivity index (χ2v) is 8.93. The van der Waals surface area contributed by atoms with Crippen LogP contribution >= 0.6 is 11.3 Å². The molecule has 0 atom stereocenters. The molecule has 5 aromatic carbocycles. The van der Waals surface area contributed by atoms with E-state index in [1.807, 2.05) is 11.3 Å². The minimum absolute atomic E-state index is 1.21. The number of hydrogen-bond acceptors (Lipinski definition) is 1. The van der Waals surface area contributed by atoms with Gasteiger partial charge in [-0.2, -0.15) is 0 Å². The average Bonchev–Trinajstić information content (AvgIpc) is 3.32. The Morgan fingerprint density at radius 3 is 2.17 bits per heavy atom. The molecule has 0 unspecified atom stereocenters. The van der Waals surface area contributed by atoms with Gasteiger partial charge >= 0.3 is 0 Å². The van der Waals surface area contributed by atoms with Gasteiger partial charge in [-0.3, -0.25) is 0 Å². The zero-order chi connectivity index (χ0) is 19.7. The summed E-state index contributed by atoms with van der Waals surface area (Å²) in [5.41, 5.74) is 3.73. The van der Waals surface area contributed by atoms with Gasteiger partial charge in [0.2, 0.25) is 0 Å². The maximum Gasteiger partial charge on any atom is 0.0548 e. The van der Waals surface area contributed by atoms with E-state index in [4.69, 9.17) is 0 Å². The van der Waals surface area contributed by atoms with Gasteiger partial charge in [0, 0.05) is 36.6 Å². The molecule has 0 aliphatic rings. The molecule has 0 aliphatic heterocycles. The van der Waals surface area contributed by atoms with Gasteiger partial charge in [-0.15, -0.1) is 11.3 Å². The summed E-state index contributed by atoms with van der Waals surface area (Å²) in [6.07, 6.45) is 0. The first-order valence-corrected chi connectivity index (χ1v) is 11.0. The summed E-state index contributed by atoms with van der Waals surface area (Å²) in [6, 6.07) is 37.6. The summed E-state index contributed by atoms with van der Waals surface area (Å²) < 4.78 is 5.12. The van der Waals surface area contributed by atoms with E-state index in [-0.39, 0.29) is 0 Å². The minimum Gasteiger partial charge on any atom is -0.309 e. The molecule has 0 spiro atoms. The van der Waals surface area contributed by atoms with Crippen LogP contribution in [0, 0.1) is 0 Å². The van der Waals surface area contributed by atoms with Crippen molar-refractivity contribution in [3.05, 3.63) is 103 Å². The molecule has 2 aromatic heterocycles. The number of thiophene rings is 1. The summed E-state index contributed by atoms with van der Waals surface area (Å²) in [6.45, 7) is 0. The molecule has 2 heteroatoms. The van der Waals surface area contributed by atoms with Gasteiger partial charge in [0.15, 0.2) is 0 Å². The van der Waals surface area contributed by atoms with Crippen molar-refractivity contribution in [2.45, 2.75) is 0 Å². The van der Waals surface area contributed by atoms with Crippen LogP contribution in [0.15, 0.2) is 103 Å². The maximum absolute atomic E-state index is 2.42. The summed E-state index contributed by atoms with van der Waals surface area (Å²) in [7, 11) is 0. The largest absolute Gasteiger partial charge is 0.309 e. The molecular formula is C28H17NS. The Hall–Kier alpha value is -3.62. The number of hydrogen-bond donors (Lipinski definition) is 0. The summed E-state index contributed by atoms with van der Waals surface area (Å²) in [4.78, 5) is 0. The van der Waals surface area contributed by atoms with Gasteiger partial charge in [-0.25, -0.2) is 0 Å². The quantitative estimate of drug-likeness (QED) is 0.262. The van der Waals surface area contributed by atoms with Crippen LogP contribution in [0.1, 0.15) is 0 Å². The highest BCUT2D eigenvalue weighted by Gasteiger charge is 2.15. The zero-order valence-corrected chi connectivity index (χ0v) is 17.0. The van der Waals surface area contributed by atoms with Gasteiger partial charge in [0.25, 0.3) is 0 Å². The third-order valence-corrected chi connectivity index (χ3v) is 7.30. The molecule has 0 aliphatic carbocycles. The summed E-state index contributed by atoms with van der Waals surface area (Å²) in [5, 5.41) is 7.84. The topological polar surface area (TPSA) is 4.93 Å². The van der Waals surface area contributed by atoms with Crippen LogP contribution in [0.3, 0.4) is 0 Å². The molecule has 0 amide bonds. The van der Waals surface area contributed by atoms with Gasteiger partial charge in [-0.1, -0.05) is 66.7 Å². The van der Waals surface area contributed by atoms with Crippen molar-refractivity contribution < 1.29 is 0 Å². The van der Waals surface area contributed by atoms with Crippen molar-refractivity contribution in [3.8, 4) is 5.69 Å². The molecule has 30 heavy (non-hydrogen) atoms. The molecule has 140 valence electrons. The predicted molar refractivity (Wildman–Crippen MR) is 131 cm³/mol. The van der Waals surface area contributed by atoms with Crippen molar-refractivity contribution in [1.82, 2.24) is 4.57 Å². The number of rotatable bonds is 1. The SMILES string of the molecule is c1ccc2cc(-n3c4ccccc4c4cc5sc6ccccc6c5cc43)ccc2c1.